The molecule has 0 unspecified atom stereocenters. The number of carbonyl (C=O) groups is 1. The van der Waals surface area contributed by atoms with Crippen LogP contribution in [0.4, 0.5) is 0 Å². The van der Waals surface area contributed by atoms with Gasteiger partial charge in [0, 0.05) is 6.08 Å². The molecule has 12 heavy (non-hydrogen) atoms. The molecule has 0 saturated carbocycles. The maximum absolute atomic E-state index is 10.4. The number of carboxylic acid groups (broad SMARTS) is 1. The monoisotopic (exact) mass is 170 g/mol. The lowest BCUT2D eigenvalue weighted by atomic mass is 9.75. The smallest absolute Gasteiger partial charge is 0.328 e. The van der Waals surface area contributed by atoms with E-state index in [1.54, 1.807) is 0 Å². The third-order valence-corrected chi connectivity index (χ3v) is 2.80. The molecule has 0 aliphatic rings. The average Bonchev–Trinajstić information content (AvgIpc) is 1.85. The summed E-state index contributed by atoms with van der Waals surface area (Å²) in [6, 6.07) is 0. The van der Waals surface area contributed by atoms with Gasteiger partial charge in [-0.1, -0.05) is 33.3 Å². The Balaban J connectivity index is 4.67. The predicted molar refractivity (Wildman–Crippen MR) is 50.0 cm³/mol. The molecule has 0 saturated heterocycles. The minimum Gasteiger partial charge on any atom is -0.478 e. The lowest BCUT2D eigenvalue weighted by Crippen LogP contribution is -2.21. The molecule has 0 bridgehead atoms. The van der Waals surface area contributed by atoms with Crippen LogP contribution in [0.5, 0.6) is 0 Å². The van der Waals surface area contributed by atoms with E-state index in [9.17, 15) is 4.79 Å². The third kappa shape index (κ3) is 2.68. The molecule has 0 heterocycles. The summed E-state index contributed by atoms with van der Waals surface area (Å²) in [4.78, 5) is 10.4. The van der Waals surface area contributed by atoms with Crippen molar-refractivity contribution < 1.29 is 9.90 Å². The predicted octanol–water partition coefficient (Wildman–Crippen LogP) is 2.70. The number of carboxylic acids is 1. The summed E-state index contributed by atoms with van der Waals surface area (Å²) >= 11 is 0. The number of hydrogen-bond acceptors (Lipinski definition) is 1. The molecular weight excluding hydrogens is 152 g/mol. The van der Waals surface area contributed by atoms with Crippen molar-refractivity contribution in [2.45, 2.75) is 34.6 Å². The van der Waals surface area contributed by atoms with Crippen LogP contribution in [0.15, 0.2) is 11.6 Å². The van der Waals surface area contributed by atoms with Gasteiger partial charge in [-0.05, 0) is 18.3 Å². The fourth-order valence-electron chi connectivity index (χ4n) is 0.827. The van der Waals surface area contributed by atoms with Crippen molar-refractivity contribution in [1.29, 1.82) is 0 Å². The molecule has 0 amide bonds. The number of aliphatic carboxylic acids is 1. The Labute approximate surface area is 74.3 Å². The van der Waals surface area contributed by atoms with Gasteiger partial charge in [-0.15, -0.1) is 0 Å². The van der Waals surface area contributed by atoms with Crippen molar-refractivity contribution in [3.8, 4) is 0 Å². The molecule has 0 radical (unpaired) electrons. The first-order valence-corrected chi connectivity index (χ1v) is 4.20. The third-order valence-electron chi connectivity index (χ3n) is 2.80. The Morgan fingerprint density at radius 2 is 1.83 bits per heavy atom. The zero-order valence-electron chi connectivity index (χ0n) is 8.51. The Morgan fingerprint density at radius 3 is 2.08 bits per heavy atom. The van der Waals surface area contributed by atoms with E-state index in [-0.39, 0.29) is 5.41 Å². The van der Waals surface area contributed by atoms with Crippen molar-refractivity contribution in [2.75, 3.05) is 0 Å². The Bertz CT molecular complexity index is 200. The zero-order valence-corrected chi connectivity index (χ0v) is 8.51. The summed E-state index contributed by atoms with van der Waals surface area (Å²) in [7, 11) is 0. The first-order chi connectivity index (χ1) is 5.28. The van der Waals surface area contributed by atoms with E-state index in [0.717, 1.165) is 5.57 Å². The Morgan fingerprint density at radius 1 is 1.42 bits per heavy atom. The lowest BCUT2D eigenvalue weighted by molar-refractivity contribution is -0.131. The fourth-order valence-corrected chi connectivity index (χ4v) is 0.827. The summed E-state index contributed by atoms with van der Waals surface area (Å²) in [5.41, 5.74) is 0.892. The van der Waals surface area contributed by atoms with Crippen LogP contribution in [0.3, 0.4) is 0 Å². The standard InChI is InChI=1S/C10H18O2/c1-7(2)10(4,5)8(3)6-9(11)12/h6-7H,1-5H3,(H,11,12)/b8-6-. The summed E-state index contributed by atoms with van der Waals surface area (Å²) in [5.74, 6) is -0.408. The van der Waals surface area contributed by atoms with E-state index in [1.165, 1.54) is 6.08 Å². The van der Waals surface area contributed by atoms with E-state index in [2.05, 4.69) is 27.7 Å². The van der Waals surface area contributed by atoms with Gasteiger partial charge in [0.2, 0.25) is 0 Å². The van der Waals surface area contributed by atoms with E-state index in [0.29, 0.717) is 5.92 Å². The maximum Gasteiger partial charge on any atom is 0.328 e. The molecule has 0 aromatic rings. The molecular formula is C10H18O2. The van der Waals surface area contributed by atoms with Gasteiger partial charge in [-0.25, -0.2) is 4.79 Å². The maximum atomic E-state index is 10.4. The molecule has 0 aromatic carbocycles. The highest BCUT2D eigenvalue weighted by atomic mass is 16.4. The highest BCUT2D eigenvalue weighted by molar-refractivity contribution is 5.80. The molecule has 0 spiro atoms. The molecule has 70 valence electrons. The van der Waals surface area contributed by atoms with Crippen molar-refractivity contribution in [3.63, 3.8) is 0 Å². The van der Waals surface area contributed by atoms with Crippen LogP contribution in [-0.2, 0) is 4.79 Å². The van der Waals surface area contributed by atoms with Crippen LogP contribution >= 0.6 is 0 Å². The largest absolute Gasteiger partial charge is 0.478 e. The molecule has 0 atom stereocenters. The normalized spacial score (nSPS) is 13.7. The molecule has 0 fully saturated rings. The van der Waals surface area contributed by atoms with Crippen molar-refractivity contribution in [1.82, 2.24) is 0 Å². The molecule has 0 rings (SSSR count). The molecule has 0 aliphatic carbocycles. The number of hydrogen-bond donors (Lipinski definition) is 1. The van der Waals surface area contributed by atoms with Crippen LogP contribution < -0.4 is 0 Å². The van der Waals surface area contributed by atoms with Gasteiger partial charge in [0.1, 0.15) is 0 Å². The molecule has 1 N–H and O–H groups in total. The SMILES string of the molecule is C/C(=C/C(=O)O)C(C)(C)C(C)C. The van der Waals surface area contributed by atoms with Crippen LogP contribution in [-0.4, -0.2) is 11.1 Å². The van der Waals surface area contributed by atoms with Crippen LogP contribution in [0.2, 0.25) is 0 Å². The van der Waals surface area contributed by atoms with E-state index >= 15 is 0 Å². The van der Waals surface area contributed by atoms with Crippen LogP contribution in [0.25, 0.3) is 0 Å². The van der Waals surface area contributed by atoms with E-state index in [1.807, 2.05) is 6.92 Å². The second-order valence-electron chi connectivity index (χ2n) is 4.04. The zero-order chi connectivity index (χ0) is 9.94. The topological polar surface area (TPSA) is 37.3 Å². The lowest BCUT2D eigenvalue weighted by Gasteiger charge is -2.30. The minimum atomic E-state index is -0.860. The van der Waals surface area contributed by atoms with Gasteiger partial charge in [-0.2, -0.15) is 0 Å². The molecule has 2 nitrogen and oxygen atoms in total. The van der Waals surface area contributed by atoms with Gasteiger partial charge >= 0.3 is 5.97 Å². The van der Waals surface area contributed by atoms with Crippen molar-refractivity contribution >= 4 is 5.97 Å². The van der Waals surface area contributed by atoms with E-state index < -0.39 is 5.97 Å². The second kappa shape index (κ2) is 3.74. The van der Waals surface area contributed by atoms with Crippen LogP contribution in [0.1, 0.15) is 34.6 Å². The van der Waals surface area contributed by atoms with E-state index in [4.69, 9.17) is 5.11 Å². The molecule has 0 aliphatic heterocycles. The van der Waals surface area contributed by atoms with Crippen molar-refractivity contribution in [2.24, 2.45) is 11.3 Å². The molecule has 2 heteroatoms. The molecule has 0 aromatic heterocycles. The van der Waals surface area contributed by atoms with Gasteiger partial charge in [0.25, 0.3) is 0 Å². The van der Waals surface area contributed by atoms with Gasteiger partial charge in [0.15, 0.2) is 0 Å². The van der Waals surface area contributed by atoms with Gasteiger partial charge in [-0.3, -0.25) is 0 Å². The summed E-state index contributed by atoms with van der Waals surface area (Å²) in [6.45, 7) is 10.2. The highest BCUT2D eigenvalue weighted by Crippen LogP contribution is 2.33. The quantitative estimate of drug-likeness (QED) is 0.661. The van der Waals surface area contributed by atoms with Crippen molar-refractivity contribution in [3.05, 3.63) is 11.6 Å². The Kier molecular flexibility index (Phi) is 3.50. The second-order valence-corrected chi connectivity index (χ2v) is 4.04. The van der Waals surface area contributed by atoms with Gasteiger partial charge < -0.3 is 5.11 Å². The number of allylic oxidation sites excluding steroid dienone is 1. The average molecular weight is 170 g/mol. The fraction of sp³-hybridized carbons (Fsp3) is 0.700. The highest BCUT2D eigenvalue weighted by Gasteiger charge is 2.24. The minimum absolute atomic E-state index is 0.0294. The summed E-state index contributed by atoms with van der Waals surface area (Å²) < 4.78 is 0. The number of rotatable bonds is 3. The summed E-state index contributed by atoms with van der Waals surface area (Å²) in [6.07, 6.45) is 1.29. The first kappa shape index (κ1) is 11.2. The van der Waals surface area contributed by atoms with Crippen LogP contribution in [0, 0.1) is 11.3 Å². The van der Waals surface area contributed by atoms with Gasteiger partial charge in [0.05, 0.1) is 0 Å². The Hall–Kier alpha value is -0.790. The first-order valence-electron chi connectivity index (χ1n) is 4.20. The summed E-state index contributed by atoms with van der Waals surface area (Å²) in [5, 5.41) is 8.55.